The van der Waals surface area contributed by atoms with Crippen molar-refractivity contribution in [3.05, 3.63) is 54.1 Å². The first kappa shape index (κ1) is 12.9. The molecule has 0 amide bonds. The summed E-state index contributed by atoms with van der Waals surface area (Å²) < 4.78 is 11.1. The van der Waals surface area contributed by atoms with Crippen LogP contribution in [0.25, 0.3) is 0 Å². The highest BCUT2D eigenvalue weighted by molar-refractivity contribution is 5.66. The smallest absolute Gasteiger partial charge is 0.231 e. The zero-order valence-corrected chi connectivity index (χ0v) is 11.9. The standard InChI is InChI=1S/C17H19NO2/c1-13(2)18(11-14-7-4-3-5-8-14)15-9-6-10-16-17(15)20-12-19-16/h3-10,13H,11-12H2,1-2H3. The summed E-state index contributed by atoms with van der Waals surface area (Å²) in [5.41, 5.74) is 2.39. The number of hydrogen-bond acceptors (Lipinski definition) is 3. The van der Waals surface area contributed by atoms with Crippen LogP contribution in [0.3, 0.4) is 0 Å². The van der Waals surface area contributed by atoms with Gasteiger partial charge in [0, 0.05) is 12.6 Å². The van der Waals surface area contributed by atoms with Crippen LogP contribution in [0.1, 0.15) is 19.4 Å². The molecule has 104 valence electrons. The fourth-order valence-corrected chi connectivity index (χ4v) is 2.47. The Bertz CT molecular complexity index is 581. The van der Waals surface area contributed by atoms with Crippen LogP contribution in [0.15, 0.2) is 48.5 Å². The molecule has 20 heavy (non-hydrogen) atoms. The van der Waals surface area contributed by atoms with Crippen molar-refractivity contribution >= 4 is 5.69 Å². The lowest BCUT2D eigenvalue weighted by molar-refractivity contribution is 0.174. The van der Waals surface area contributed by atoms with Crippen LogP contribution in [0.4, 0.5) is 5.69 Å². The number of rotatable bonds is 4. The maximum absolute atomic E-state index is 5.63. The van der Waals surface area contributed by atoms with Crippen molar-refractivity contribution in [1.82, 2.24) is 0 Å². The molecule has 0 saturated carbocycles. The van der Waals surface area contributed by atoms with Gasteiger partial charge in [0.05, 0.1) is 5.69 Å². The Labute approximate surface area is 119 Å². The monoisotopic (exact) mass is 269 g/mol. The van der Waals surface area contributed by atoms with E-state index in [2.05, 4.69) is 49.1 Å². The molecular formula is C17H19NO2. The zero-order valence-electron chi connectivity index (χ0n) is 11.9. The lowest BCUT2D eigenvalue weighted by atomic mass is 10.1. The van der Waals surface area contributed by atoms with E-state index in [1.165, 1.54) is 5.56 Å². The lowest BCUT2D eigenvalue weighted by Crippen LogP contribution is -2.30. The molecule has 0 radical (unpaired) electrons. The van der Waals surface area contributed by atoms with Crippen molar-refractivity contribution in [2.24, 2.45) is 0 Å². The number of para-hydroxylation sites is 1. The minimum atomic E-state index is 0.309. The number of benzene rings is 2. The van der Waals surface area contributed by atoms with E-state index in [4.69, 9.17) is 9.47 Å². The molecule has 3 heteroatoms. The highest BCUT2D eigenvalue weighted by Crippen LogP contribution is 2.41. The third kappa shape index (κ3) is 2.44. The summed E-state index contributed by atoms with van der Waals surface area (Å²) in [7, 11) is 0. The van der Waals surface area contributed by atoms with Gasteiger partial charge in [-0.15, -0.1) is 0 Å². The molecule has 1 heterocycles. The van der Waals surface area contributed by atoms with Crippen LogP contribution in [-0.2, 0) is 6.54 Å². The van der Waals surface area contributed by atoms with Crippen LogP contribution in [-0.4, -0.2) is 12.8 Å². The highest BCUT2D eigenvalue weighted by Gasteiger charge is 2.22. The molecule has 0 fully saturated rings. The Hall–Kier alpha value is -2.16. The zero-order chi connectivity index (χ0) is 13.9. The normalized spacial score (nSPS) is 12.8. The molecular weight excluding hydrogens is 250 g/mol. The Kier molecular flexibility index (Phi) is 3.50. The highest BCUT2D eigenvalue weighted by atomic mass is 16.7. The summed E-state index contributed by atoms with van der Waals surface area (Å²) in [6.07, 6.45) is 0. The minimum absolute atomic E-state index is 0.309. The third-order valence-electron chi connectivity index (χ3n) is 3.50. The largest absolute Gasteiger partial charge is 0.454 e. The first-order valence-corrected chi connectivity index (χ1v) is 6.95. The van der Waals surface area contributed by atoms with E-state index in [9.17, 15) is 0 Å². The molecule has 0 unspecified atom stereocenters. The second-order valence-electron chi connectivity index (χ2n) is 5.22. The average Bonchev–Trinajstić information content (AvgIpc) is 2.94. The maximum Gasteiger partial charge on any atom is 0.231 e. The second-order valence-corrected chi connectivity index (χ2v) is 5.22. The van der Waals surface area contributed by atoms with Crippen molar-refractivity contribution in [2.75, 3.05) is 11.7 Å². The molecule has 2 aromatic rings. The van der Waals surface area contributed by atoms with Gasteiger partial charge in [0.25, 0.3) is 0 Å². The number of hydrogen-bond donors (Lipinski definition) is 0. The lowest BCUT2D eigenvalue weighted by Gasteiger charge is -2.30. The van der Waals surface area contributed by atoms with Gasteiger partial charge >= 0.3 is 0 Å². The molecule has 3 nitrogen and oxygen atoms in total. The van der Waals surface area contributed by atoms with Crippen molar-refractivity contribution in [1.29, 1.82) is 0 Å². The molecule has 0 N–H and O–H groups in total. The summed E-state index contributed by atoms with van der Waals surface area (Å²) in [6.45, 7) is 5.55. The van der Waals surface area contributed by atoms with Crippen molar-refractivity contribution in [2.45, 2.75) is 26.4 Å². The van der Waals surface area contributed by atoms with Crippen LogP contribution < -0.4 is 14.4 Å². The van der Waals surface area contributed by atoms with Gasteiger partial charge in [0.1, 0.15) is 0 Å². The summed E-state index contributed by atoms with van der Waals surface area (Å²) in [5.74, 6) is 1.69. The Morgan fingerprint density at radius 2 is 1.80 bits per heavy atom. The quantitative estimate of drug-likeness (QED) is 0.842. The molecule has 1 aliphatic rings. The van der Waals surface area contributed by atoms with Gasteiger partial charge < -0.3 is 14.4 Å². The van der Waals surface area contributed by atoms with E-state index < -0.39 is 0 Å². The molecule has 0 saturated heterocycles. The molecule has 0 aliphatic carbocycles. The van der Waals surface area contributed by atoms with Crippen molar-refractivity contribution < 1.29 is 9.47 Å². The fraction of sp³-hybridized carbons (Fsp3) is 0.294. The van der Waals surface area contributed by atoms with Crippen LogP contribution >= 0.6 is 0 Å². The van der Waals surface area contributed by atoms with Gasteiger partial charge in [-0.05, 0) is 31.5 Å². The predicted octanol–water partition coefficient (Wildman–Crippen LogP) is 3.83. The Morgan fingerprint density at radius 3 is 2.55 bits per heavy atom. The Morgan fingerprint density at radius 1 is 1.00 bits per heavy atom. The Balaban J connectivity index is 1.94. The number of anilines is 1. The van der Waals surface area contributed by atoms with Crippen LogP contribution in [0, 0.1) is 0 Å². The van der Waals surface area contributed by atoms with E-state index >= 15 is 0 Å². The van der Waals surface area contributed by atoms with Gasteiger partial charge in [0.15, 0.2) is 11.5 Å². The van der Waals surface area contributed by atoms with E-state index in [1.807, 2.05) is 18.2 Å². The number of ether oxygens (including phenoxy) is 2. The summed E-state index contributed by atoms with van der Waals surface area (Å²) in [4.78, 5) is 2.34. The van der Waals surface area contributed by atoms with Gasteiger partial charge in [0.2, 0.25) is 6.79 Å². The van der Waals surface area contributed by atoms with E-state index in [0.29, 0.717) is 12.8 Å². The number of fused-ring (bicyclic) bond motifs is 1. The third-order valence-corrected chi connectivity index (χ3v) is 3.50. The van der Waals surface area contributed by atoms with Crippen LogP contribution in [0.2, 0.25) is 0 Å². The van der Waals surface area contributed by atoms with E-state index in [0.717, 1.165) is 23.7 Å². The molecule has 3 rings (SSSR count). The number of nitrogens with zero attached hydrogens (tertiary/aromatic N) is 1. The fourth-order valence-electron chi connectivity index (χ4n) is 2.47. The van der Waals surface area contributed by atoms with Gasteiger partial charge in [-0.3, -0.25) is 0 Å². The van der Waals surface area contributed by atoms with Gasteiger partial charge in [-0.2, -0.15) is 0 Å². The average molecular weight is 269 g/mol. The van der Waals surface area contributed by atoms with Gasteiger partial charge in [-0.1, -0.05) is 36.4 Å². The first-order chi connectivity index (χ1) is 9.75. The predicted molar refractivity (Wildman–Crippen MR) is 80.3 cm³/mol. The minimum Gasteiger partial charge on any atom is -0.454 e. The second kappa shape index (κ2) is 5.45. The SMILES string of the molecule is CC(C)N(Cc1ccccc1)c1cccc2c1OCO2. The molecule has 2 aromatic carbocycles. The maximum atomic E-state index is 5.63. The van der Waals surface area contributed by atoms with E-state index in [-0.39, 0.29) is 0 Å². The first-order valence-electron chi connectivity index (χ1n) is 6.95. The summed E-state index contributed by atoms with van der Waals surface area (Å²) >= 11 is 0. The topological polar surface area (TPSA) is 21.7 Å². The van der Waals surface area contributed by atoms with Crippen LogP contribution in [0.5, 0.6) is 11.5 Å². The van der Waals surface area contributed by atoms with Crippen molar-refractivity contribution in [3.8, 4) is 11.5 Å². The van der Waals surface area contributed by atoms with Gasteiger partial charge in [-0.25, -0.2) is 0 Å². The molecule has 0 aromatic heterocycles. The van der Waals surface area contributed by atoms with E-state index in [1.54, 1.807) is 0 Å². The molecule has 0 bridgehead atoms. The summed E-state index contributed by atoms with van der Waals surface area (Å²) in [6, 6.07) is 16.9. The van der Waals surface area contributed by atoms with Crippen molar-refractivity contribution in [3.63, 3.8) is 0 Å². The summed E-state index contributed by atoms with van der Waals surface area (Å²) in [5, 5.41) is 0. The molecule has 0 atom stereocenters. The molecule has 0 spiro atoms. The molecule has 1 aliphatic heterocycles.